The molecule has 1 aliphatic rings. The minimum absolute atomic E-state index is 0.516. The lowest BCUT2D eigenvalue weighted by atomic mass is 10.5. The first-order chi connectivity index (χ1) is 2.93. The lowest BCUT2D eigenvalue weighted by Crippen LogP contribution is -2.06. The highest BCUT2D eigenvalue weighted by atomic mass is 31.0. The van der Waals surface area contributed by atoms with Crippen LogP contribution in [0.25, 0.3) is 0 Å². The Morgan fingerprint density at radius 2 is 2.67 bits per heavy atom. The smallest absolute Gasteiger partial charge is 0.0937 e. The molecule has 2 unspecified atom stereocenters. The summed E-state index contributed by atoms with van der Waals surface area (Å²) in [5.74, 6) is 0. The summed E-state index contributed by atoms with van der Waals surface area (Å²) >= 11 is 0. The highest BCUT2D eigenvalue weighted by Gasteiger charge is 2.20. The summed E-state index contributed by atoms with van der Waals surface area (Å²) in [4.78, 5) is 0. The zero-order valence-electron chi connectivity index (χ0n) is 3.48. The molecule has 2 atom stereocenters. The fourth-order valence-corrected chi connectivity index (χ4v) is 0.580. The second-order valence-corrected chi connectivity index (χ2v) is 1.77. The predicted octanol–water partition coefficient (Wildman–Crippen LogP) is -0.235. The maximum Gasteiger partial charge on any atom is 0.0937 e. The van der Waals surface area contributed by atoms with Crippen molar-refractivity contribution < 1.29 is 4.74 Å². The number of rotatable bonds is 2. The van der Waals surface area contributed by atoms with E-state index in [0.717, 1.165) is 13.2 Å². The molecule has 0 spiro atoms. The lowest BCUT2D eigenvalue weighted by Gasteiger charge is -1.84. The number of epoxide rings is 1. The van der Waals surface area contributed by atoms with Gasteiger partial charge in [-0.15, -0.1) is 0 Å². The minimum atomic E-state index is 0.516. The number of hydrogen-bond donors (Lipinski definition) is 1. The van der Waals surface area contributed by atoms with Gasteiger partial charge in [0.05, 0.1) is 12.7 Å². The van der Waals surface area contributed by atoms with Crippen molar-refractivity contribution in [3.63, 3.8) is 0 Å². The number of hydrogen-bond acceptors (Lipinski definition) is 2. The third-order valence-electron chi connectivity index (χ3n) is 0.748. The van der Waals surface area contributed by atoms with Crippen LogP contribution >= 0.6 is 9.39 Å². The normalized spacial score (nSPS) is 30.5. The maximum absolute atomic E-state index is 4.87. The number of nitrogens with one attached hydrogen (secondary N) is 1. The summed E-state index contributed by atoms with van der Waals surface area (Å²) in [5.41, 5.74) is 0. The molecule has 0 aromatic carbocycles. The van der Waals surface area contributed by atoms with Gasteiger partial charge in [-0.1, -0.05) is 9.39 Å². The van der Waals surface area contributed by atoms with Gasteiger partial charge in [-0.3, -0.25) is 5.09 Å². The van der Waals surface area contributed by atoms with Crippen molar-refractivity contribution in [2.24, 2.45) is 0 Å². The van der Waals surface area contributed by atoms with Gasteiger partial charge in [0.1, 0.15) is 0 Å². The Balaban J connectivity index is 1.88. The Hall–Kier alpha value is 0.350. The summed E-state index contributed by atoms with van der Waals surface area (Å²) < 4.78 is 4.87. The van der Waals surface area contributed by atoms with Crippen LogP contribution in [0.2, 0.25) is 0 Å². The van der Waals surface area contributed by atoms with E-state index in [0.29, 0.717) is 6.10 Å². The molecule has 3 heteroatoms. The molecule has 0 aliphatic carbocycles. The largest absolute Gasteiger partial charge is 0.372 e. The van der Waals surface area contributed by atoms with Crippen LogP contribution < -0.4 is 5.09 Å². The first-order valence-electron chi connectivity index (χ1n) is 1.98. The van der Waals surface area contributed by atoms with Gasteiger partial charge in [0.2, 0.25) is 0 Å². The molecule has 1 N–H and O–H groups in total. The summed E-state index contributed by atoms with van der Waals surface area (Å²) in [5, 5.41) is 2.92. The molecule has 1 rings (SSSR count). The lowest BCUT2D eigenvalue weighted by molar-refractivity contribution is 0.409. The van der Waals surface area contributed by atoms with Crippen LogP contribution in [0.5, 0.6) is 0 Å². The molecule has 0 aromatic heterocycles. The molecule has 0 radical (unpaired) electrons. The second-order valence-electron chi connectivity index (χ2n) is 1.36. The monoisotopic (exact) mass is 105 g/mol. The van der Waals surface area contributed by atoms with Gasteiger partial charge >= 0.3 is 0 Å². The van der Waals surface area contributed by atoms with E-state index in [4.69, 9.17) is 4.74 Å². The quantitative estimate of drug-likeness (QED) is 0.387. The molecule has 2 nitrogen and oxygen atoms in total. The van der Waals surface area contributed by atoms with Crippen LogP contribution in [0.15, 0.2) is 0 Å². The molecular formula is C3H8NOP. The Labute approximate surface area is 39.5 Å². The van der Waals surface area contributed by atoms with E-state index in [1.54, 1.807) is 0 Å². The zero-order valence-corrected chi connectivity index (χ0v) is 4.63. The Morgan fingerprint density at radius 1 is 2.00 bits per heavy atom. The van der Waals surface area contributed by atoms with Crippen molar-refractivity contribution in [3.05, 3.63) is 0 Å². The van der Waals surface area contributed by atoms with Crippen LogP contribution in [0.4, 0.5) is 0 Å². The number of ether oxygens (including phenoxy) is 1. The summed E-state index contributed by atoms with van der Waals surface area (Å²) in [6.45, 7) is 1.92. The van der Waals surface area contributed by atoms with Gasteiger partial charge in [-0.25, -0.2) is 0 Å². The van der Waals surface area contributed by atoms with Crippen molar-refractivity contribution >= 4 is 9.39 Å². The van der Waals surface area contributed by atoms with E-state index in [2.05, 4.69) is 14.5 Å². The molecule has 0 amide bonds. The third-order valence-corrected chi connectivity index (χ3v) is 0.984. The molecule has 1 saturated heterocycles. The molecule has 0 aromatic rings. The fourth-order valence-electron chi connectivity index (χ4n) is 0.317. The van der Waals surface area contributed by atoms with Crippen molar-refractivity contribution in [3.8, 4) is 0 Å². The highest BCUT2D eigenvalue weighted by Crippen LogP contribution is 2.06. The standard InChI is InChI=1S/C3H8NOP/c6-4-1-3-2-5-3/h3-4H,1-2,6H2. The van der Waals surface area contributed by atoms with Gasteiger partial charge in [-0.05, 0) is 0 Å². The van der Waals surface area contributed by atoms with E-state index >= 15 is 0 Å². The summed E-state index contributed by atoms with van der Waals surface area (Å²) in [6.07, 6.45) is 0.516. The molecular weight excluding hydrogens is 97.0 g/mol. The van der Waals surface area contributed by atoms with Crippen LogP contribution in [0, 0.1) is 0 Å². The van der Waals surface area contributed by atoms with Gasteiger partial charge < -0.3 is 4.74 Å². The molecule has 1 heterocycles. The SMILES string of the molecule is PNCC1CO1. The minimum Gasteiger partial charge on any atom is -0.372 e. The Morgan fingerprint density at radius 3 is 2.83 bits per heavy atom. The summed E-state index contributed by atoms with van der Waals surface area (Å²) in [7, 11) is 2.43. The summed E-state index contributed by atoms with van der Waals surface area (Å²) in [6, 6.07) is 0. The highest BCUT2D eigenvalue weighted by molar-refractivity contribution is 7.13. The van der Waals surface area contributed by atoms with Crippen molar-refractivity contribution in [2.75, 3.05) is 13.2 Å². The van der Waals surface area contributed by atoms with E-state index < -0.39 is 0 Å². The fraction of sp³-hybridized carbons (Fsp3) is 1.00. The molecule has 1 aliphatic heterocycles. The van der Waals surface area contributed by atoms with Gasteiger partial charge in [0, 0.05) is 6.54 Å². The van der Waals surface area contributed by atoms with Crippen molar-refractivity contribution in [1.82, 2.24) is 5.09 Å². The maximum atomic E-state index is 4.87. The van der Waals surface area contributed by atoms with Crippen LogP contribution in [-0.4, -0.2) is 19.3 Å². The average Bonchev–Trinajstić information content (AvgIpc) is 2.21. The topological polar surface area (TPSA) is 24.6 Å². The molecule has 36 valence electrons. The molecule has 1 fully saturated rings. The first kappa shape index (κ1) is 4.51. The van der Waals surface area contributed by atoms with Crippen molar-refractivity contribution in [1.29, 1.82) is 0 Å². The predicted molar refractivity (Wildman–Crippen MR) is 27.5 cm³/mol. The zero-order chi connectivity index (χ0) is 4.41. The van der Waals surface area contributed by atoms with Crippen LogP contribution in [0.1, 0.15) is 0 Å². The van der Waals surface area contributed by atoms with Gasteiger partial charge in [0.25, 0.3) is 0 Å². The Kier molecular flexibility index (Phi) is 1.41. The average molecular weight is 105 g/mol. The van der Waals surface area contributed by atoms with Crippen molar-refractivity contribution in [2.45, 2.75) is 6.10 Å². The van der Waals surface area contributed by atoms with E-state index in [1.165, 1.54) is 0 Å². The van der Waals surface area contributed by atoms with Crippen LogP contribution in [-0.2, 0) is 4.74 Å². The van der Waals surface area contributed by atoms with Gasteiger partial charge in [0.15, 0.2) is 0 Å². The molecule has 6 heavy (non-hydrogen) atoms. The second kappa shape index (κ2) is 1.87. The van der Waals surface area contributed by atoms with E-state index in [-0.39, 0.29) is 0 Å². The first-order valence-corrected chi connectivity index (χ1v) is 2.56. The Bertz CT molecular complexity index is 46.1. The van der Waals surface area contributed by atoms with Gasteiger partial charge in [-0.2, -0.15) is 0 Å². The van der Waals surface area contributed by atoms with Crippen LogP contribution in [0.3, 0.4) is 0 Å². The third kappa shape index (κ3) is 1.21. The van der Waals surface area contributed by atoms with E-state index in [9.17, 15) is 0 Å². The van der Waals surface area contributed by atoms with E-state index in [1.807, 2.05) is 0 Å². The molecule has 0 bridgehead atoms. The molecule has 0 saturated carbocycles.